The molecule has 1 aliphatic rings. The molecule has 1 aromatic rings. The lowest BCUT2D eigenvalue weighted by atomic mass is 9.90. The third kappa shape index (κ3) is 6.47. The SMILES string of the molecule is FC(F)(F)c1ccc(C2CCNCC2)cc1.O=C(O)C(F)(F)F. The lowest BCUT2D eigenvalue weighted by molar-refractivity contribution is -0.192. The number of carbonyl (C=O) groups is 1. The van der Waals surface area contributed by atoms with Gasteiger partial charge < -0.3 is 10.4 Å². The maximum absolute atomic E-state index is 12.4. The summed E-state index contributed by atoms with van der Waals surface area (Å²) in [7, 11) is 0. The Hall–Kier alpha value is -1.77. The first kappa shape index (κ1) is 19.3. The minimum Gasteiger partial charge on any atom is -0.475 e. The highest BCUT2D eigenvalue weighted by atomic mass is 19.4. The number of hydrogen-bond acceptors (Lipinski definition) is 2. The second-order valence-electron chi connectivity index (χ2n) is 4.95. The summed E-state index contributed by atoms with van der Waals surface area (Å²) in [6.45, 7) is 1.90. The molecule has 0 spiro atoms. The van der Waals surface area contributed by atoms with Crippen molar-refractivity contribution in [2.75, 3.05) is 13.1 Å². The maximum atomic E-state index is 12.4. The number of alkyl halides is 6. The normalized spacial score (nSPS) is 16.4. The number of carboxylic acid groups (broad SMARTS) is 1. The lowest BCUT2D eigenvalue weighted by Gasteiger charge is -2.23. The van der Waals surface area contributed by atoms with Gasteiger partial charge in [0.1, 0.15) is 0 Å². The molecule has 0 saturated carbocycles. The molecule has 130 valence electrons. The maximum Gasteiger partial charge on any atom is 0.490 e. The minimum atomic E-state index is -5.08. The molecule has 0 amide bonds. The summed E-state index contributed by atoms with van der Waals surface area (Å²) < 4.78 is 68.8. The zero-order chi connectivity index (χ0) is 17.7. The predicted molar refractivity (Wildman–Crippen MR) is 70.0 cm³/mol. The van der Waals surface area contributed by atoms with E-state index in [1.165, 1.54) is 12.1 Å². The van der Waals surface area contributed by atoms with E-state index in [0.717, 1.165) is 31.5 Å². The fraction of sp³-hybridized carbons (Fsp3) is 0.500. The molecule has 0 bridgehead atoms. The number of hydrogen-bond donors (Lipinski definition) is 2. The van der Waals surface area contributed by atoms with E-state index in [1.807, 2.05) is 0 Å². The van der Waals surface area contributed by atoms with Gasteiger partial charge in [0.25, 0.3) is 0 Å². The molecule has 1 fully saturated rings. The Kier molecular flexibility index (Phi) is 6.43. The number of nitrogens with one attached hydrogen (secondary N) is 1. The second-order valence-corrected chi connectivity index (χ2v) is 4.95. The van der Waals surface area contributed by atoms with Crippen LogP contribution >= 0.6 is 0 Å². The van der Waals surface area contributed by atoms with Crippen molar-refractivity contribution in [1.82, 2.24) is 5.32 Å². The van der Waals surface area contributed by atoms with Gasteiger partial charge >= 0.3 is 18.3 Å². The average molecular weight is 343 g/mol. The van der Waals surface area contributed by atoms with E-state index in [2.05, 4.69) is 5.32 Å². The molecule has 0 aliphatic carbocycles. The molecule has 0 aromatic heterocycles. The number of piperidine rings is 1. The number of benzene rings is 1. The van der Waals surface area contributed by atoms with Crippen molar-refractivity contribution in [3.8, 4) is 0 Å². The standard InChI is InChI=1S/C12H14F3N.C2HF3O2/c13-12(14,15)11-3-1-9(2-4-11)10-5-7-16-8-6-10;3-2(4,5)1(6)7/h1-4,10,16H,5-8H2;(H,6,7). The summed E-state index contributed by atoms with van der Waals surface area (Å²) in [4.78, 5) is 8.90. The van der Waals surface area contributed by atoms with Gasteiger partial charge in [0, 0.05) is 0 Å². The summed E-state index contributed by atoms with van der Waals surface area (Å²) in [5.41, 5.74) is 0.458. The van der Waals surface area contributed by atoms with Crippen LogP contribution < -0.4 is 5.32 Å². The zero-order valence-corrected chi connectivity index (χ0v) is 11.8. The van der Waals surface area contributed by atoms with E-state index in [-0.39, 0.29) is 0 Å². The quantitative estimate of drug-likeness (QED) is 0.763. The Morgan fingerprint density at radius 3 is 1.78 bits per heavy atom. The fourth-order valence-corrected chi connectivity index (χ4v) is 2.10. The van der Waals surface area contributed by atoms with Crippen LogP contribution in [0.3, 0.4) is 0 Å². The summed E-state index contributed by atoms with van der Waals surface area (Å²) in [6, 6.07) is 5.58. The zero-order valence-electron chi connectivity index (χ0n) is 11.8. The Balaban J connectivity index is 0.000000322. The average Bonchev–Trinajstić information content (AvgIpc) is 2.47. The molecule has 0 unspecified atom stereocenters. The fourth-order valence-electron chi connectivity index (χ4n) is 2.10. The smallest absolute Gasteiger partial charge is 0.475 e. The highest BCUT2D eigenvalue weighted by Crippen LogP contribution is 2.31. The predicted octanol–water partition coefficient (Wildman–Crippen LogP) is 3.81. The number of rotatable bonds is 1. The highest BCUT2D eigenvalue weighted by molar-refractivity contribution is 5.73. The number of carboxylic acids is 1. The van der Waals surface area contributed by atoms with Gasteiger partial charge in [-0.2, -0.15) is 26.3 Å². The van der Waals surface area contributed by atoms with Gasteiger partial charge in [0.15, 0.2) is 0 Å². The van der Waals surface area contributed by atoms with Gasteiger partial charge in [-0.05, 0) is 49.5 Å². The first-order valence-electron chi connectivity index (χ1n) is 6.70. The van der Waals surface area contributed by atoms with Gasteiger partial charge in [0.2, 0.25) is 0 Å². The molecule has 2 rings (SSSR count). The summed E-state index contributed by atoms with van der Waals surface area (Å²) in [5.74, 6) is -2.35. The first-order chi connectivity index (χ1) is 10.5. The molecular weight excluding hydrogens is 328 g/mol. The van der Waals surface area contributed by atoms with Gasteiger partial charge in [-0.25, -0.2) is 4.79 Å². The molecule has 2 N–H and O–H groups in total. The van der Waals surface area contributed by atoms with Crippen LogP contribution in [0.2, 0.25) is 0 Å². The van der Waals surface area contributed by atoms with Gasteiger partial charge in [-0.1, -0.05) is 12.1 Å². The molecular formula is C14H15F6NO2. The van der Waals surface area contributed by atoms with Gasteiger partial charge in [-0.15, -0.1) is 0 Å². The highest BCUT2D eigenvalue weighted by Gasteiger charge is 2.38. The van der Waals surface area contributed by atoms with Crippen LogP contribution in [0.1, 0.15) is 29.9 Å². The van der Waals surface area contributed by atoms with Crippen LogP contribution in [0.25, 0.3) is 0 Å². The van der Waals surface area contributed by atoms with Crippen molar-refractivity contribution in [1.29, 1.82) is 0 Å². The summed E-state index contributed by atoms with van der Waals surface area (Å²) in [5, 5.41) is 10.4. The number of aliphatic carboxylic acids is 1. The van der Waals surface area contributed by atoms with Gasteiger partial charge in [0.05, 0.1) is 5.56 Å². The van der Waals surface area contributed by atoms with E-state index in [1.54, 1.807) is 12.1 Å². The van der Waals surface area contributed by atoms with E-state index >= 15 is 0 Å². The van der Waals surface area contributed by atoms with E-state index in [4.69, 9.17) is 9.90 Å². The molecule has 1 aliphatic heterocycles. The third-order valence-corrected chi connectivity index (χ3v) is 3.29. The molecule has 9 heteroatoms. The largest absolute Gasteiger partial charge is 0.490 e. The lowest BCUT2D eigenvalue weighted by Crippen LogP contribution is -2.26. The van der Waals surface area contributed by atoms with E-state index < -0.39 is 23.9 Å². The molecule has 0 atom stereocenters. The second kappa shape index (κ2) is 7.67. The van der Waals surface area contributed by atoms with E-state index in [9.17, 15) is 26.3 Å². The monoisotopic (exact) mass is 343 g/mol. The van der Waals surface area contributed by atoms with Crippen molar-refractivity contribution < 1.29 is 36.2 Å². The van der Waals surface area contributed by atoms with Crippen LogP contribution in [0.5, 0.6) is 0 Å². The Labute approximate surface area is 128 Å². The molecule has 0 radical (unpaired) electrons. The first-order valence-corrected chi connectivity index (χ1v) is 6.70. The third-order valence-electron chi connectivity index (χ3n) is 3.29. The Morgan fingerprint density at radius 2 is 1.43 bits per heavy atom. The van der Waals surface area contributed by atoms with Crippen molar-refractivity contribution >= 4 is 5.97 Å². The summed E-state index contributed by atoms with van der Waals surface area (Å²) in [6.07, 6.45) is -7.30. The van der Waals surface area contributed by atoms with Crippen molar-refractivity contribution in [3.05, 3.63) is 35.4 Å². The molecule has 1 heterocycles. The minimum absolute atomic E-state index is 0.406. The molecule has 1 saturated heterocycles. The topological polar surface area (TPSA) is 49.3 Å². The van der Waals surface area contributed by atoms with Crippen LogP contribution in [-0.4, -0.2) is 30.3 Å². The Bertz CT molecular complexity index is 503. The van der Waals surface area contributed by atoms with Gasteiger partial charge in [-0.3, -0.25) is 0 Å². The molecule has 3 nitrogen and oxygen atoms in total. The molecule has 23 heavy (non-hydrogen) atoms. The summed E-state index contributed by atoms with van der Waals surface area (Å²) >= 11 is 0. The van der Waals surface area contributed by atoms with Crippen LogP contribution in [-0.2, 0) is 11.0 Å². The van der Waals surface area contributed by atoms with Crippen LogP contribution in [0, 0.1) is 0 Å². The Morgan fingerprint density at radius 1 is 1.00 bits per heavy atom. The van der Waals surface area contributed by atoms with Crippen molar-refractivity contribution in [2.24, 2.45) is 0 Å². The van der Waals surface area contributed by atoms with Crippen LogP contribution in [0.4, 0.5) is 26.3 Å². The van der Waals surface area contributed by atoms with Crippen molar-refractivity contribution in [3.63, 3.8) is 0 Å². The van der Waals surface area contributed by atoms with Crippen LogP contribution in [0.15, 0.2) is 24.3 Å². The molecule has 1 aromatic carbocycles. The number of halogens is 6. The van der Waals surface area contributed by atoms with Crippen molar-refractivity contribution in [2.45, 2.75) is 31.1 Å². The van der Waals surface area contributed by atoms with E-state index in [0.29, 0.717) is 5.92 Å².